The molecule has 0 fully saturated rings. The van der Waals surface area contributed by atoms with Crippen molar-refractivity contribution in [3.63, 3.8) is 0 Å². The Labute approximate surface area is 273 Å². The van der Waals surface area contributed by atoms with Crippen LogP contribution in [0.1, 0.15) is 48.4 Å². The molecule has 7 rings (SSSR count). The molecule has 0 N–H and O–H groups in total. The number of allylic oxidation sites excluding steroid dienone is 7. The molecule has 0 spiro atoms. The van der Waals surface area contributed by atoms with Gasteiger partial charge in [0.25, 0.3) is 0 Å². The van der Waals surface area contributed by atoms with Crippen molar-refractivity contribution in [1.29, 1.82) is 0 Å². The van der Waals surface area contributed by atoms with Crippen molar-refractivity contribution in [3.8, 4) is 22.3 Å². The molecular weight excluding hydrogens is 555 g/mol. The zero-order valence-electron chi connectivity index (χ0n) is 26.7. The van der Waals surface area contributed by atoms with E-state index in [1.165, 1.54) is 39.1 Å². The quantitative estimate of drug-likeness (QED) is 0.162. The second-order valence-electron chi connectivity index (χ2n) is 12.7. The van der Waals surface area contributed by atoms with Crippen LogP contribution in [-0.2, 0) is 5.41 Å². The Morgan fingerprint density at radius 1 is 0.739 bits per heavy atom. The highest BCUT2D eigenvalue weighted by molar-refractivity contribution is 5.89. The van der Waals surface area contributed by atoms with E-state index >= 15 is 0 Å². The Bertz CT molecular complexity index is 2020. The largest absolute Gasteiger partial charge is 0.311 e. The molecule has 0 saturated heterocycles. The maximum atomic E-state index is 4.49. The minimum atomic E-state index is -0.0884. The van der Waals surface area contributed by atoms with Crippen molar-refractivity contribution in [2.24, 2.45) is 0 Å². The Kier molecular flexibility index (Phi) is 7.76. The summed E-state index contributed by atoms with van der Waals surface area (Å²) in [4.78, 5) is 2.42. The molecule has 5 aromatic rings. The van der Waals surface area contributed by atoms with Crippen LogP contribution in [0.2, 0.25) is 0 Å². The second-order valence-corrected chi connectivity index (χ2v) is 12.7. The van der Waals surface area contributed by atoms with Gasteiger partial charge in [-0.25, -0.2) is 0 Å². The highest BCUT2D eigenvalue weighted by Crippen LogP contribution is 2.50. The zero-order valence-corrected chi connectivity index (χ0v) is 26.7. The van der Waals surface area contributed by atoms with Gasteiger partial charge in [0.2, 0.25) is 0 Å². The molecular formula is C45H39N. The van der Waals surface area contributed by atoms with E-state index in [4.69, 9.17) is 0 Å². The smallest absolute Gasteiger partial charge is 0.0468 e. The van der Waals surface area contributed by atoms with Crippen LogP contribution in [0.25, 0.3) is 27.8 Å². The summed E-state index contributed by atoms with van der Waals surface area (Å²) in [6.07, 6.45) is 13.8. The first-order chi connectivity index (χ1) is 22.5. The first-order valence-electron chi connectivity index (χ1n) is 16.1. The molecule has 0 amide bonds. The monoisotopic (exact) mass is 593 g/mol. The second kappa shape index (κ2) is 12.2. The number of hydrogen-bond acceptors (Lipinski definition) is 1. The van der Waals surface area contributed by atoms with E-state index in [1.807, 2.05) is 12.2 Å². The van der Waals surface area contributed by atoms with Crippen LogP contribution in [0.3, 0.4) is 0 Å². The van der Waals surface area contributed by atoms with E-state index < -0.39 is 0 Å². The summed E-state index contributed by atoms with van der Waals surface area (Å²) in [6, 6.07) is 44.0. The third-order valence-corrected chi connectivity index (χ3v) is 9.52. The lowest BCUT2D eigenvalue weighted by Gasteiger charge is -2.31. The average Bonchev–Trinajstić information content (AvgIpc) is 3.34. The van der Waals surface area contributed by atoms with Gasteiger partial charge in [-0.2, -0.15) is 0 Å². The van der Waals surface area contributed by atoms with Gasteiger partial charge in [0.15, 0.2) is 0 Å². The van der Waals surface area contributed by atoms with Crippen LogP contribution in [0.5, 0.6) is 0 Å². The standard InChI is InChI=1S/C45H39N/c1-5-6-15-32(2)42-30-37(26-28-39(42)35-18-11-8-12-19-35)46(36-24-22-34(23-25-36)33-16-9-7-10-17-33)38-27-29-41-40-20-13-14-21-43(40)45(3,4)44(41)31-38/h5-22,24-31,34H,1-2,23H2,3-4H3/b15-6-. The van der Waals surface area contributed by atoms with Gasteiger partial charge in [-0.3, -0.25) is 0 Å². The average molecular weight is 594 g/mol. The van der Waals surface area contributed by atoms with Crippen LogP contribution in [0.15, 0.2) is 177 Å². The van der Waals surface area contributed by atoms with E-state index in [9.17, 15) is 0 Å². The Morgan fingerprint density at radius 2 is 1.39 bits per heavy atom. The first kappa shape index (κ1) is 29.3. The van der Waals surface area contributed by atoms with Gasteiger partial charge in [0, 0.05) is 28.4 Å². The predicted molar refractivity (Wildman–Crippen MR) is 197 cm³/mol. The molecule has 0 aliphatic heterocycles. The van der Waals surface area contributed by atoms with Crippen molar-refractivity contribution >= 4 is 16.9 Å². The third kappa shape index (κ3) is 5.29. The third-order valence-electron chi connectivity index (χ3n) is 9.52. The van der Waals surface area contributed by atoms with E-state index in [0.29, 0.717) is 5.92 Å². The van der Waals surface area contributed by atoms with Crippen LogP contribution in [0, 0.1) is 0 Å². The normalized spacial score (nSPS) is 16.0. The Balaban J connectivity index is 1.37. The fourth-order valence-electron chi connectivity index (χ4n) is 7.08. The topological polar surface area (TPSA) is 3.24 Å². The van der Waals surface area contributed by atoms with E-state index in [-0.39, 0.29) is 5.41 Å². The maximum Gasteiger partial charge on any atom is 0.0468 e. The summed E-state index contributed by atoms with van der Waals surface area (Å²) in [5.41, 5.74) is 14.5. The lowest BCUT2D eigenvalue weighted by molar-refractivity contribution is 0.660. The van der Waals surface area contributed by atoms with Crippen molar-refractivity contribution in [3.05, 3.63) is 199 Å². The molecule has 5 aromatic carbocycles. The molecule has 1 heteroatoms. The highest BCUT2D eigenvalue weighted by Gasteiger charge is 2.36. The fourth-order valence-corrected chi connectivity index (χ4v) is 7.08. The number of benzene rings is 5. The predicted octanol–water partition coefficient (Wildman–Crippen LogP) is 12.2. The molecule has 2 aliphatic carbocycles. The van der Waals surface area contributed by atoms with E-state index in [0.717, 1.165) is 34.5 Å². The van der Waals surface area contributed by atoms with Crippen LogP contribution < -0.4 is 4.90 Å². The number of fused-ring (bicyclic) bond motifs is 3. The fraction of sp³-hybridized carbons (Fsp3) is 0.111. The molecule has 0 radical (unpaired) electrons. The van der Waals surface area contributed by atoms with Gasteiger partial charge in [-0.1, -0.05) is 154 Å². The summed E-state index contributed by atoms with van der Waals surface area (Å²) in [6.45, 7) is 13.1. The number of hydrogen-bond donors (Lipinski definition) is 0. The van der Waals surface area contributed by atoms with Gasteiger partial charge >= 0.3 is 0 Å². The lowest BCUT2D eigenvalue weighted by atomic mass is 9.82. The molecule has 46 heavy (non-hydrogen) atoms. The van der Waals surface area contributed by atoms with Crippen molar-refractivity contribution < 1.29 is 0 Å². The summed E-state index contributed by atoms with van der Waals surface area (Å²) in [5, 5.41) is 0. The van der Waals surface area contributed by atoms with Gasteiger partial charge in [-0.15, -0.1) is 0 Å². The molecule has 0 bridgehead atoms. The van der Waals surface area contributed by atoms with Crippen molar-refractivity contribution in [2.75, 3.05) is 4.90 Å². The van der Waals surface area contributed by atoms with Gasteiger partial charge < -0.3 is 4.90 Å². The van der Waals surface area contributed by atoms with Crippen LogP contribution in [-0.4, -0.2) is 0 Å². The molecule has 2 aliphatic rings. The SMILES string of the molecule is C=C/C=C\C(=C)c1cc(N(C2=CCC(c3ccccc3)C=C2)c2ccc3c(c2)C(C)(C)c2ccccc2-3)ccc1-c1ccccc1. The summed E-state index contributed by atoms with van der Waals surface area (Å²) in [7, 11) is 0. The molecule has 0 saturated carbocycles. The number of nitrogens with zero attached hydrogens (tertiary/aromatic N) is 1. The summed E-state index contributed by atoms with van der Waals surface area (Å²) < 4.78 is 0. The number of rotatable bonds is 8. The van der Waals surface area contributed by atoms with Gasteiger partial charge in [0.05, 0.1) is 0 Å². The zero-order chi connectivity index (χ0) is 31.7. The maximum absolute atomic E-state index is 4.49. The molecule has 0 aromatic heterocycles. The molecule has 1 nitrogen and oxygen atoms in total. The van der Waals surface area contributed by atoms with Crippen molar-refractivity contribution in [1.82, 2.24) is 0 Å². The molecule has 224 valence electrons. The Morgan fingerprint density at radius 3 is 2.11 bits per heavy atom. The summed E-state index contributed by atoms with van der Waals surface area (Å²) >= 11 is 0. The first-order valence-corrected chi connectivity index (χ1v) is 16.1. The van der Waals surface area contributed by atoms with Crippen molar-refractivity contribution in [2.45, 2.75) is 31.6 Å². The molecule has 1 atom stereocenters. The number of anilines is 2. The van der Waals surface area contributed by atoms with Crippen LogP contribution >= 0.6 is 0 Å². The minimum Gasteiger partial charge on any atom is -0.311 e. The van der Waals surface area contributed by atoms with Crippen LogP contribution in [0.4, 0.5) is 11.4 Å². The minimum absolute atomic E-state index is 0.0884. The summed E-state index contributed by atoms with van der Waals surface area (Å²) in [5.74, 6) is 0.361. The molecule has 0 heterocycles. The van der Waals surface area contributed by atoms with E-state index in [2.05, 4.69) is 171 Å². The van der Waals surface area contributed by atoms with Gasteiger partial charge in [-0.05, 0) is 86.8 Å². The van der Waals surface area contributed by atoms with Gasteiger partial charge in [0.1, 0.15) is 0 Å². The van der Waals surface area contributed by atoms with E-state index in [1.54, 1.807) is 6.08 Å². The Hall–Kier alpha value is -5.40. The molecule has 1 unspecified atom stereocenters. The lowest BCUT2D eigenvalue weighted by Crippen LogP contribution is -2.19. The highest BCUT2D eigenvalue weighted by atomic mass is 15.1.